The Kier molecular flexibility index (Phi) is 4.44. The van der Waals surface area contributed by atoms with E-state index in [0.717, 1.165) is 43.5 Å². The number of carbonyl (C=O) groups is 1. The third-order valence-corrected chi connectivity index (χ3v) is 4.58. The Labute approximate surface area is 126 Å². The highest BCUT2D eigenvalue weighted by Gasteiger charge is 2.32. The minimum absolute atomic E-state index is 0.117. The summed E-state index contributed by atoms with van der Waals surface area (Å²) in [4.78, 5) is 12.5. The maximum Gasteiger partial charge on any atom is 0.231 e. The van der Waals surface area contributed by atoms with Crippen LogP contribution in [0.5, 0.6) is 5.75 Å². The molecule has 0 aromatic heterocycles. The van der Waals surface area contributed by atoms with Crippen molar-refractivity contribution in [1.82, 2.24) is 10.6 Å². The molecule has 1 aromatic carbocycles. The minimum Gasteiger partial charge on any atom is -0.492 e. The lowest BCUT2D eigenvalue weighted by Gasteiger charge is -2.30. The molecule has 4 heteroatoms. The first-order valence-corrected chi connectivity index (χ1v) is 8.03. The standard InChI is InChI=1S/C17H24N2O2/c1-2-18-12-7-9-13(10-8-12)19-17(20)15-11-21-16-6-4-3-5-14(15)16/h3-6,12-13,15,18H,2,7-11H2,1H3,(H,19,20). The van der Waals surface area contributed by atoms with E-state index in [1.54, 1.807) is 0 Å². The highest BCUT2D eigenvalue weighted by Crippen LogP contribution is 2.33. The maximum absolute atomic E-state index is 12.5. The topological polar surface area (TPSA) is 50.4 Å². The molecule has 0 saturated heterocycles. The first kappa shape index (κ1) is 14.4. The largest absolute Gasteiger partial charge is 0.492 e. The van der Waals surface area contributed by atoms with Gasteiger partial charge in [-0.3, -0.25) is 4.79 Å². The van der Waals surface area contributed by atoms with E-state index >= 15 is 0 Å². The van der Waals surface area contributed by atoms with E-state index in [9.17, 15) is 4.79 Å². The van der Waals surface area contributed by atoms with Gasteiger partial charge in [-0.2, -0.15) is 0 Å². The Hall–Kier alpha value is -1.55. The third kappa shape index (κ3) is 3.21. The molecule has 2 aliphatic rings. The third-order valence-electron chi connectivity index (χ3n) is 4.58. The van der Waals surface area contributed by atoms with Gasteiger partial charge in [0, 0.05) is 17.6 Å². The number of rotatable bonds is 4. The molecule has 1 aliphatic heterocycles. The fourth-order valence-electron chi connectivity index (χ4n) is 3.41. The summed E-state index contributed by atoms with van der Waals surface area (Å²) in [5, 5.41) is 6.71. The Morgan fingerprint density at radius 1 is 1.19 bits per heavy atom. The molecule has 1 fully saturated rings. The second-order valence-corrected chi connectivity index (χ2v) is 6.02. The summed E-state index contributed by atoms with van der Waals surface area (Å²) in [6.45, 7) is 3.64. The predicted molar refractivity (Wildman–Crippen MR) is 82.5 cm³/mol. The van der Waals surface area contributed by atoms with Crippen LogP contribution >= 0.6 is 0 Å². The Morgan fingerprint density at radius 2 is 1.90 bits per heavy atom. The van der Waals surface area contributed by atoms with Crippen molar-refractivity contribution in [3.8, 4) is 5.75 Å². The lowest BCUT2D eigenvalue weighted by Crippen LogP contribution is -2.43. The summed E-state index contributed by atoms with van der Waals surface area (Å²) < 4.78 is 5.60. The van der Waals surface area contributed by atoms with Crippen molar-refractivity contribution in [1.29, 1.82) is 0 Å². The van der Waals surface area contributed by atoms with Crippen LogP contribution in [0.2, 0.25) is 0 Å². The van der Waals surface area contributed by atoms with E-state index in [-0.39, 0.29) is 11.8 Å². The highest BCUT2D eigenvalue weighted by atomic mass is 16.5. The van der Waals surface area contributed by atoms with Gasteiger partial charge in [-0.1, -0.05) is 25.1 Å². The Bertz CT molecular complexity index is 495. The molecule has 1 saturated carbocycles. The molecule has 1 aliphatic carbocycles. The monoisotopic (exact) mass is 288 g/mol. The molecular formula is C17H24N2O2. The number of hydrogen-bond donors (Lipinski definition) is 2. The van der Waals surface area contributed by atoms with Gasteiger partial charge >= 0.3 is 0 Å². The number of fused-ring (bicyclic) bond motifs is 1. The van der Waals surface area contributed by atoms with E-state index < -0.39 is 0 Å². The van der Waals surface area contributed by atoms with Crippen molar-refractivity contribution in [2.75, 3.05) is 13.2 Å². The zero-order valence-electron chi connectivity index (χ0n) is 12.6. The molecule has 1 amide bonds. The fraction of sp³-hybridized carbons (Fsp3) is 0.588. The molecule has 114 valence electrons. The van der Waals surface area contributed by atoms with Gasteiger partial charge in [0.1, 0.15) is 18.3 Å². The van der Waals surface area contributed by atoms with Gasteiger partial charge in [0.15, 0.2) is 0 Å². The predicted octanol–water partition coefficient (Wildman–Crippen LogP) is 2.20. The first-order valence-electron chi connectivity index (χ1n) is 8.03. The minimum atomic E-state index is -0.146. The number of benzene rings is 1. The van der Waals surface area contributed by atoms with Crippen LogP contribution in [0.25, 0.3) is 0 Å². The lowest BCUT2D eigenvalue weighted by molar-refractivity contribution is -0.123. The van der Waals surface area contributed by atoms with E-state index in [4.69, 9.17) is 4.74 Å². The molecule has 4 nitrogen and oxygen atoms in total. The van der Waals surface area contributed by atoms with Gasteiger partial charge in [-0.05, 0) is 38.3 Å². The second kappa shape index (κ2) is 6.48. The molecule has 3 rings (SSSR count). The van der Waals surface area contributed by atoms with Gasteiger partial charge in [0.25, 0.3) is 0 Å². The summed E-state index contributed by atoms with van der Waals surface area (Å²) in [5.74, 6) is 0.827. The average molecular weight is 288 g/mol. The van der Waals surface area contributed by atoms with Gasteiger partial charge in [0.2, 0.25) is 5.91 Å². The Balaban J connectivity index is 1.54. The van der Waals surface area contributed by atoms with Crippen LogP contribution in [0.3, 0.4) is 0 Å². The van der Waals surface area contributed by atoms with Gasteiger partial charge in [-0.15, -0.1) is 0 Å². The fourth-order valence-corrected chi connectivity index (χ4v) is 3.41. The number of nitrogens with one attached hydrogen (secondary N) is 2. The van der Waals surface area contributed by atoms with Gasteiger partial charge < -0.3 is 15.4 Å². The van der Waals surface area contributed by atoms with Crippen molar-refractivity contribution in [3.05, 3.63) is 29.8 Å². The summed E-state index contributed by atoms with van der Waals surface area (Å²) in [7, 11) is 0. The lowest BCUT2D eigenvalue weighted by atomic mass is 9.90. The zero-order chi connectivity index (χ0) is 14.7. The molecule has 1 aromatic rings. The Morgan fingerprint density at radius 3 is 2.67 bits per heavy atom. The maximum atomic E-state index is 12.5. The normalized spacial score (nSPS) is 27.8. The molecular weight excluding hydrogens is 264 g/mol. The summed E-state index contributed by atoms with van der Waals surface area (Å²) in [6.07, 6.45) is 4.43. The second-order valence-electron chi connectivity index (χ2n) is 6.02. The van der Waals surface area contributed by atoms with E-state index in [1.165, 1.54) is 0 Å². The molecule has 1 atom stereocenters. The van der Waals surface area contributed by atoms with Gasteiger partial charge in [-0.25, -0.2) is 0 Å². The summed E-state index contributed by atoms with van der Waals surface area (Å²) in [5.41, 5.74) is 1.02. The van der Waals surface area contributed by atoms with Crippen molar-refractivity contribution in [2.45, 2.75) is 50.6 Å². The van der Waals surface area contributed by atoms with Crippen molar-refractivity contribution in [3.63, 3.8) is 0 Å². The molecule has 0 radical (unpaired) electrons. The van der Waals surface area contributed by atoms with Gasteiger partial charge in [0.05, 0.1) is 0 Å². The quantitative estimate of drug-likeness (QED) is 0.893. The van der Waals surface area contributed by atoms with Crippen LogP contribution < -0.4 is 15.4 Å². The smallest absolute Gasteiger partial charge is 0.231 e. The molecule has 0 spiro atoms. The average Bonchev–Trinajstić information content (AvgIpc) is 2.93. The number of para-hydroxylation sites is 1. The van der Waals surface area contributed by atoms with Crippen molar-refractivity contribution in [2.24, 2.45) is 0 Å². The molecule has 21 heavy (non-hydrogen) atoms. The molecule has 1 heterocycles. The van der Waals surface area contributed by atoms with E-state index in [1.807, 2.05) is 24.3 Å². The molecule has 2 N–H and O–H groups in total. The number of hydrogen-bond acceptors (Lipinski definition) is 3. The summed E-state index contributed by atoms with van der Waals surface area (Å²) >= 11 is 0. The first-order chi connectivity index (χ1) is 10.3. The summed E-state index contributed by atoms with van der Waals surface area (Å²) in [6, 6.07) is 8.79. The van der Waals surface area contributed by atoms with Crippen LogP contribution in [-0.2, 0) is 4.79 Å². The van der Waals surface area contributed by atoms with Crippen molar-refractivity contribution < 1.29 is 9.53 Å². The number of carbonyl (C=O) groups excluding carboxylic acids is 1. The van der Waals surface area contributed by atoms with Crippen LogP contribution in [-0.4, -0.2) is 31.1 Å². The molecule has 0 bridgehead atoms. The number of amides is 1. The van der Waals surface area contributed by atoms with E-state index in [2.05, 4.69) is 17.6 Å². The van der Waals surface area contributed by atoms with Crippen LogP contribution in [0.4, 0.5) is 0 Å². The van der Waals surface area contributed by atoms with Crippen LogP contribution in [0.15, 0.2) is 24.3 Å². The number of ether oxygens (including phenoxy) is 1. The highest BCUT2D eigenvalue weighted by molar-refractivity contribution is 5.85. The zero-order valence-corrected chi connectivity index (χ0v) is 12.6. The van der Waals surface area contributed by atoms with E-state index in [0.29, 0.717) is 18.7 Å². The van der Waals surface area contributed by atoms with Crippen molar-refractivity contribution >= 4 is 5.91 Å². The molecule has 1 unspecified atom stereocenters. The SMILES string of the molecule is CCNC1CCC(NC(=O)C2COc3ccccc32)CC1. The van der Waals surface area contributed by atoms with Crippen LogP contribution in [0, 0.1) is 0 Å². The van der Waals surface area contributed by atoms with Crippen LogP contribution in [0.1, 0.15) is 44.1 Å².